The van der Waals surface area contributed by atoms with E-state index in [1.165, 1.54) is 6.21 Å². The minimum atomic E-state index is -1.23. The van der Waals surface area contributed by atoms with Gasteiger partial charge in [-0.15, -0.1) is 0 Å². The minimum Gasteiger partial charge on any atom is -0.378 e. The van der Waals surface area contributed by atoms with Gasteiger partial charge in [0, 0.05) is 19.8 Å². The van der Waals surface area contributed by atoms with Crippen LogP contribution in [0.15, 0.2) is 59.7 Å². The van der Waals surface area contributed by atoms with Crippen LogP contribution in [0.1, 0.15) is 17.2 Å². The van der Waals surface area contributed by atoms with Crippen molar-refractivity contribution in [2.75, 3.05) is 19.0 Å². The summed E-state index contributed by atoms with van der Waals surface area (Å²) in [5.41, 5.74) is 4.81. The molecule has 2 aromatic carbocycles. The SMILES string of the molecule is CN(C)c1ccc(C=NNC(=O)C(O)c2ccccc2)cc1. The molecule has 0 heterocycles. The summed E-state index contributed by atoms with van der Waals surface area (Å²) in [6, 6.07) is 16.5. The van der Waals surface area contributed by atoms with Crippen LogP contribution >= 0.6 is 0 Å². The molecule has 0 radical (unpaired) electrons. The van der Waals surface area contributed by atoms with Gasteiger partial charge in [0.1, 0.15) is 0 Å². The molecular formula is C17H19N3O2. The molecule has 0 aliphatic carbocycles. The molecule has 1 amide bonds. The van der Waals surface area contributed by atoms with E-state index in [4.69, 9.17) is 0 Å². The van der Waals surface area contributed by atoms with Crippen LogP contribution in [0.5, 0.6) is 0 Å². The van der Waals surface area contributed by atoms with E-state index >= 15 is 0 Å². The van der Waals surface area contributed by atoms with E-state index in [0.717, 1.165) is 11.3 Å². The number of anilines is 1. The van der Waals surface area contributed by atoms with Crippen LogP contribution in [0.4, 0.5) is 5.69 Å². The second-order valence-electron chi connectivity index (χ2n) is 5.03. The lowest BCUT2D eigenvalue weighted by Gasteiger charge is -2.11. The smallest absolute Gasteiger partial charge is 0.273 e. The Balaban J connectivity index is 1.93. The Hall–Kier alpha value is -2.66. The van der Waals surface area contributed by atoms with E-state index in [2.05, 4.69) is 10.5 Å². The normalized spacial score (nSPS) is 12.1. The van der Waals surface area contributed by atoms with Crippen LogP contribution < -0.4 is 10.3 Å². The number of hydrogen-bond donors (Lipinski definition) is 2. The molecule has 0 saturated heterocycles. The molecule has 22 heavy (non-hydrogen) atoms. The Morgan fingerprint density at radius 2 is 1.77 bits per heavy atom. The number of aliphatic hydroxyl groups is 1. The van der Waals surface area contributed by atoms with Gasteiger partial charge < -0.3 is 10.0 Å². The lowest BCUT2D eigenvalue weighted by molar-refractivity contribution is -0.129. The van der Waals surface area contributed by atoms with Crippen LogP contribution in [0.3, 0.4) is 0 Å². The maximum atomic E-state index is 11.8. The quantitative estimate of drug-likeness (QED) is 0.655. The summed E-state index contributed by atoms with van der Waals surface area (Å²) < 4.78 is 0. The number of aliphatic hydroxyl groups excluding tert-OH is 1. The highest BCUT2D eigenvalue weighted by atomic mass is 16.3. The van der Waals surface area contributed by atoms with Crippen molar-refractivity contribution in [1.82, 2.24) is 5.43 Å². The van der Waals surface area contributed by atoms with E-state index in [-0.39, 0.29) is 0 Å². The number of rotatable bonds is 5. The standard InChI is InChI=1S/C17H19N3O2/c1-20(2)15-10-8-13(9-11-15)12-18-19-17(22)16(21)14-6-4-3-5-7-14/h3-12,16,21H,1-2H3,(H,19,22). The fourth-order valence-electron chi connectivity index (χ4n) is 1.88. The number of nitrogens with zero attached hydrogens (tertiary/aromatic N) is 2. The van der Waals surface area contributed by atoms with Crippen molar-refractivity contribution in [3.05, 3.63) is 65.7 Å². The first-order chi connectivity index (χ1) is 10.6. The van der Waals surface area contributed by atoms with Crippen molar-refractivity contribution in [3.8, 4) is 0 Å². The second-order valence-corrected chi connectivity index (χ2v) is 5.03. The molecule has 1 atom stereocenters. The molecule has 2 N–H and O–H groups in total. The minimum absolute atomic E-state index is 0.533. The zero-order valence-electron chi connectivity index (χ0n) is 12.6. The first-order valence-electron chi connectivity index (χ1n) is 6.91. The molecule has 0 fully saturated rings. The molecule has 2 rings (SSSR count). The molecule has 114 valence electrons. The van der Waals surface area contributed by atoms with Gasteiger partial charge in [0.05, 0.1) is 6.21 Å². The molecular weight excluding hydrogens is 278 g/mol. The average Bonchev–Trinajstić information content (AvgIpc) is 2.55. The lowest BCUT2D eigenvalue weighted by atomic mass is 10.1. The fourth-order valence-corrected chi connectivity index (χ4v) is 1.88. The van der Waals surface area contributed by atoms with Crippen LogP contribution in [-0.4, -0.2) is 31.3 Å². The van der Waals surface area contributed by atoms with E-state index < -0.39 is 12.0 Å². The van der Waals surface area contributed by atoms with Gasteiger partial charge in [-0.1, -0.05) is 42.5 Å². The van der Waals surface area contributed by atoms with Crippen molar-refractivity contribution in [1.29, 1.82) is 0 Å². The first kappa shape index (κ1) is 15.7. The molecule has 1 unspecified atom stereocenters. The number of hydrazone groups is 1. The average molecular weight is 297 g/mol. The second kappa shape index (κ2) is 7.38. The maximum absolute atomic E-state index is 11.8. The van der Waals surface area contributed by atoms with Gasteiger partial charge in [0.25, 0.3) is 5.91 Å². The number of hydrogen-bond acceptors (Lipinski definition) is 4. The highest BCUT2D eigenvalue weighted by Gasteiger charge is 2.15. The van der Waals surface area contributed by atoms with Gasteiger partial charge in [0.15, 0.2) is 6.10 Å². The summed E-state index contributed by atoms with van der Waals surface area (Å²) in [6.07, 6.45) is 0.309. The molecule has 0 spiro atoms. The summed E-state index contributed by atoms with van der Waals surface area (Å²) in [5.74, 6) is -0.563. The molecule has 0 bridgehead atoms. The number of carbonyl (C=O) groups is 1. The van der Waals surface area contributed by atoms with Crippen LogP contribution in [0, 0.1) is 0 Å². The van der Waals surface area contributed by atoms with Crippen molar-refractivity contribution in [3.63, 3.8) is 0 Å². The third kappa shape index (κ3) is 4.17. The van der Waals surface area contributed by atoms with Crippen molar-refractivity contribution in [2.45, 2.75) is 6.10 Å². The molecule has 0 saturated carbocycles. The molecule has 5 nitrogen and oxygen atoms in total. The van der Waals surface area contributed by atoms with E-state index in [9.17, 15) is 9.90 Å². The summed E-state index contributed by atoms with van der Waals surface area (Å²) in [7, 11) is 3.93. The van der Waals surface area contributed by atoms with Crippen LogP contribution in [-0.2, 0) is 4.79 Å². The number of carbonyl (C=O) groups excluding carboxylic acids is 1. The summed E-state index contributed by atoms with van der Waals surface area (Å²) in [6.45, 7) is 0. The predicted octanol–water partition coefficient (Wildman–Crippen LogP) is 1.94. The van der Waals surface area contributed by atoms with Gasteiger partial charge in [0.2, 0.25) is 0 Å². The Morgan fingerprint density at radius 1 is 1.14 bits per heavy atom. The van der Waals surface area contributed by atoms with Crippen molar-refractivity contribution >= 4 is 17.8 Å². The molecule has 0 aromatic heterocycles. The molecule has 0 aliphatic rings. The van der Waals surface area contributed by atoms with E-state index in [1.807, 2.05) is 49.3 Å². The summed E-state index contributed by atoms with van der Waals surface area (Å²) in [4.78, 5) is 13.8. The molecule has 0 aliphatic heterocycles. The third-order valence-electron chi connectivity index (χ3n) is 3.16. The van der Waals surface area contributed by atoms with Crippen molar-refractivity contribution < 1.29 is 9.90 Å². The highest BCUT2D eigenvalue weighted by Crippen LogP contribution is 2.12. The lowest BCUT2D eigenvalue weighted by Crippen LogP contribution is -2.25. The number of benzene rings is 2. The topological polar surface area (TPSA) is 64.9 Å². The zero-order chi connectivity index (χ0) is 15.9. The van der Waals surface area contributed by atoms with Gasteiger partial charge in [-0.2, -0.15) is 5.10 Å². The number of amides is 1. The maximum Gasteiger partial charge on any atom is 0.273 e. The van der Waals surface area contributed by atoms with Gasteiger partial charge in [-0.05, 0) is 23.3 Å². The summed E-state index contributed by atoms with van der Waals surface area (Å²) in [5, 5.41) is 13.8. The van der Waals surface area contributed by atoms with Crippen LogP contribution in [0.2, 0.25) is 0 Å². The number of nitrogens with one attached hydrogen (secondary N) is 1. The van der Waals surface area contributed by atoms with Crippen LogP contribution in [0.25, 0.3) is 0 Å². The van der Waals surface area contributed by atoms with E-state index in [1.54, 1.807) is 24.3 Å². The summed E-state index contributed by atoms with van der Waals surface area (Å²) >= 11 is 0. The van der Waals surface area contributed by atoms with Crippen molar-refractivity contribution in [2.24, 2.45) is 5.10 Å². The van der Waals surface area contributed by atoms with Gasteiger partial charge >= 0.3 is 0 Å². The molecule has 5 heteroatoms. The Bertz CT molecular complexity index is 637. The Morgan fingerprint density at radius 3 is 2.36 bits per heavy atom. The highest BCUT2D eigenvalue weighted by molar-refractivity contribution is 5.85. The molecule has 2 aromatic rings. The van der Waals surface area contributed by atoms with Gasteiger partial charge in [-0.3, -0.25) is 4.79 Å². The largest absolute Gasteiger partial charge is 0.378 e. The monoisotopic (exact) mass is 297 g/mol. The third-order valence-corrected chi connectivity index (χ3v) is 3.16. The fraction of sp³-hybridized carbons (Fsp3) is 0.176. The van der Waals surface area contributed by atoms with Gasteiger partial charge in [-0.25, -0.2) is 5.43 Å². The van der Waals surface area contributed by atoms with E-state index in [0.29, 0.717) is 5.56 Å². The Labute approximate surface area is 129 Å². The predicted molar refractivity (Wildman–Crippen MR) is 87.9 cm³/mol. The zero-order valence-corrected chi connectivity index (χ0v) is 12.6. The Kier molecular flexibility index (Phi) is 5.27. The first-order valence-corrected chi connectivity index (χ1v) is 6.91.